The van der Waals surface area contributed by atoms with Crippen LogP contribution in [0.3, 0.4) is 0 Å². The number of likely N-dealkylation sites (N-methyl/N-ethyl adjacent to an activating group) is 1. The van der Waals surface area contributed by atoms with Crippen molar-refractivity contribution in [3.05, 3.63) is 93.0 Å². The number of amides is 1. The largest absolute Gasteiger partial charge is 0.461 e. The number of carbonyl (C=O) groups is 2. The fraction of sp³-hybridized carbons (Fsp3) is 0.300. The lowest BCUT2D eigenvalue weighted by molar-refractivity contribution is -0.120. The minimum absolute atomic E-state index is 0.0264. The number of nitrogens with zero attached hydrogens (tertiary/aromatic N) is 3. The normalized spacial score (nSPS) is 19.9. The highest BCUT2D eigenvalue weighted by Crippen LogP contribution is 2.66. The van der Waals surface area contributed by atoms with E-state index in [4.69, 9.17) is 4.74 Å². The highest BCUT2D eigenvalue weighted by molar-refractivity contribution is 7.90. The predicted molar refractivity (Wildman–Crippen MR) is 151 cm³/mol. The second kappa shape index (κ2) is 8.66. The van der Waals surface area contributed by atoms with Crippen molar-refractivity contribution in [1.82, 2.24) is 8.54 Å². The van der Waals surface area contributed by atoms with Gasteiger partial charge in [0.25, 0.3) is 15.6 Å². The first-order valence-electron chi connectivity index (χ1n) is 13.1. The molecule has 1 aliphatic carbocycles. The summed E-state index contributed by atoms with van der Waals surface area (Å²) in [4.78, 5) is 42.0. The highest BCUT2D eigenvalue weighted by atomic mass is 32.2. The Labute approximate surface area is 231 Å². The highest BCUT2D eigenvalue weighted by Gasteiger charge is 2.67. The number of fused-ring (bicyclic) bond motifs is 3. The van der Waals surface area contributed by atoms with E-state index in [1.807, 2.05) is 32.0 Å². The van der Waals surface area contributed by atoms with E-state index in [1.54, 1.807) is 44.2 Å². The number of hydrogen-bond acceptors (Lipinski definition) is 6. The van der Waals surface area contributed by atoms with E-state index >= 15 is 0 Å². The summed E-state index contributed by atoms with van der Waals surface area (Å²) in [6, 6.07) is 13.6. The lowest BCUT2D eigenvalue weighted by Crippen LogP contribution is -2.29. The summed E-state index contributed by atoms with van der Waals surface area (Å²) >= 11 is 0. The molecule has 0 saturated heterocycles. The maximum absolute atomic E-state index is 14.0. The molecule has 1 amide bonds. The van der Waals surface area contributed by atoms with Crippen LogP contribution in [-0.2, 0) is 32.0 Å². The van der Waals surface area contributed by atoms with E-state index in [0.29, 0.717) is 17.4 Å². The average molecular weight is 560 g/mol. The fourth-order valence-electron chi connectivity index (χ4n) is 6.10. The van der Waals surface area contributed by atoms with Gasteiger partial charge in [0.15, 0.2) is 0 Å². The number of esters is 1. The maximum Gasteiger partial charge on any atom is 0.356 e. The second-order valence-electron chi connectivity index (χ2n) is 10.7. The monoisotopic (exact) mass is 559 g/mol. The van der Waals surface area contributed by atoms with Crippen LogP contribution in [0.15, 0.2) is 64.4 Å². The summed E-state index contributed by atoms with van der Waals surface area (Å²) < 4.78 is 35.3. The molecule has 0 bridgehead atoms. The molecule has 2 aromatic carbocycles. The number of anilines is 1. The van der Waals surface area contributed by atoms with Crippen molar-refractivity contribution in [2.24, 2.45) is 7.05 Å². The molecule has 0 N–H and O–H groups in total. The van der Waals surface area contributed by atoms with Crippen LogP contribution in [0.5, 0.6) is 0 Å². The van der Waals surface area contributed by atoms with Crippen LogP contribution in [0, 0.1) is 13.8 Å². The zero-order valence-corrected chi connectivity index (χ0v) is 23.7. The third-order valence-electron chi connectivity index (χ3n) is 8.19. The van der Waals surface area contributed by atoms with E-state index < -0.39 is 27.0 Å². The average Bonchev–Trinajstić information content (AvgIpc) is 3.46. The SMILES string of the molecule is CCOC(=O)c1cc2c([C@@H]3C[C@@]34C(=O)N(C)c3cc(C)ccc34)cn(C)c(=O)c2n1S(=O)(=O)c1ccc(C)cc1. The van der Waals surface area contributed by atoms with Gasteiger partial charge < -0.3 is 14.2 Å². The van der Waals surface area contributed by atoms with Crippen molar-refractivity contribution < 1.29 is 22.7 Å². The lowest BCUT2D eigenvalue weighted by atomic mass is 9.91. The van der Waals surface area contributed by atoms with Crippen LogP contribution in [-0.4, -0.2) is 42.5 Å². The molecule has 206 valence electrons. The second-order valence-corrected chi connectivity index (χ2v) is 12.5. The zero-order valence-electron chi connectivity index (χ0n) is 22.9. The van der Waals surface area contributed by atoms with Crippen molar-refractivity contribution >= 4 is 38.5 Å². The van der Waals surface area contributed by atoms with Gasteiger partial charge in [0.1, 0.15) is 11.2 Å². The Bertz CT molecular complexity index is 1920. The van der Waals surface area contributed by atoms with Crippen molar-refractivity contribution in [3.63, 3.8) is 0 Å². The Kier molecular flexibility index (Phi) is 5.64. The Balaban J connectivity index is 1.62. The molecule has 0 unspecified atom stereocenters. The van der Waals surface area contributed by atoms with Crippen molar-refractivity contribution in [2.45, 2.75) is 43.4 Å². The minimum atomic E-state index is -4.37. The van der Waals surface area contributed by atoms with Crippen LogP contribution < -0.4 is 10.5 Å². The fourth-order valence-corrected chi connectivity index (χ4v) is 7.60. The number of hydrogen-bond donors (Lipinski definition) is 0. The summed E-state index contributed by atoms with van der Waals surface area (Å²) in [5.41, 5.74) is 2.49. The number of aromatic nitrogens is 2. The Morgan fingerprint density at radius 2 is 1.70 bits per heavy atom. The van der Waals surface area contributed by atoms with Crippen LogP contribution in [0.25, 0.3) is 10.9 Å². The summed E-state index contributed by atoms with van der Waals surface area (Å²) in [6.07, 6.45) is 2.16. The molecule has 3 heterocycles. The van der Waals surface area contributed by atoms with Crippen molar-refractivity contribution in [1.29, 1.82) is 0 Å². The lowest BCUT2D eigenvalue weighted by Gasteiger charge is -2.14. The maximum atomic E-state index is 14.0. The van der Waals surface area contributed by atoms with Gasteiger partial charge in [-0.1, -0.05) is 29.8 Å². The van der Waals surface area contributed by atoms with Crippen molar-refractivity contribution in [3.8, 4) is 0 Å². The Morgan fingerprint density at radius 3 is 2.38 bits per heavy atom. The topological polar surface area (TPSA) is 108 Å². The summed E-state index contributed by atoms with van der Waals surface area (Å²) in [5, 5.41) is 0.319. The first-order chi connectivity index (χ1) is 18.9. The smallest absolute Gasteiger partial charge is 0.356 e. The van der Waals surface area contributed by atoms with E-state index in [-0.39, 0.29) is 34.5 Å². The first kappa shape index (κ1) is 26.1. The first-order valence-corrected chi connectivity index (χ1v) is 14.5. The molecular weight excluding hydrogens is 530 g/mol. The molecule has 6 rings (SSSR count). The third-order valence-corrected chi connectivity index (χ3v) is 9.91. The van der Waals surface area contributed by atoms with Crippen LogP contribution in [0.1, 0.15) is 52.0 Å². The number of carbonyl (C=O) groups excluding carboxylic acids is 2. The van der Waals surface area contributed by atoms with Crippen LogP contribution in [0.2, 0.25) is 0 Å². The molecule has 1 saturated carbocycles. The number of benzene rings is 2. The van der Waals surface area contributed by atoms with Gasteiger partial charge in [0, 0.05) is 37.3 Å². The molecule has 4 aromatic rings. The number of pyridine rings is 1. The Morgan fingerprint density at radius 1 is 1.02 bits per heavy atom. The van der Waals surface area contributed by atoms with Crippen LogP contribution in [0.4, 0.5) is 5.69 Å². The molecule has 10 heteroatoms. The molecule has 0 radical (unpaired) electrons. The zero-order chi connectivity index (χ0) is 28.7. The summed E-state index contributed by atoms with van der Waals surface area (Å²) in [7, 11) is -1.07. The van der Waals surface area contributed by atoms with Gasteiger partial charge in [0.2, 0.25) is 5.91 Å². The molecule has 40 heavy (non-hydrogen) atoms. The van der Waals surface area contributed by atoms with Gasteiger partial charge >= 0.3 is 5.97 Å². The van der Waals surface area contributed by atoms with Gasteiger partial charge in [-0.25, -0.2) is 17.2 Å². The van der Waals surface area contributed by atoms with Gasteiger partial charge in [-0.15, -0.1) is 0 Å². The van der Waals surface area contributed by atoms with Crippen molar-refractivity contribution in [2.75, 3.05) is 18.6 Å². The predicted octanol–water partition coefficient (Wildman–Crippen LogP) is 3.77. The number of ether oxygens (including phenoxy) is 1. The quantitative estimate of drug-likeness (QED) is 0.345. The van der Waals surface area contributed by atoms with E-state index in [2.05, 4.69) is 0 Å². The van der Waals surface area contributed by atoms with Crippen LogP contribution >= 0.6 is 0 Å². The third kappa shape index (κ3) is 3.45. The summed E-state index contributed by atoms with van der Waals surface area (Å²) in [5.74, 6) is -1.21. The number of rotatable bonds is 5. The summed E-state index contributed by atoms with van der Waals surface area (Å²) in [6.45, 7) is 5.45. The molecule has 9 nitrogen and oxygen atoms in total. The van der Waals surface area contributed by atoms with Gasteiger partial charge in [-0.2, -0.15) is 0 Å². The van der Waals surface area contributed by atoms with Gasteiger partial charge in [0.05, 0.1) is 16.9 Å². The minimum Gasteiger partial charge on any atom is -0.461 e. The van der Waals surface area contributed by atoms with Gasteiger partial charge in [-0.3, -0.25) is 9.59 Å². The molecule has 2 aromatic heterocycles. The molecule has 1 spiro atoms. The van der Waals surface area contributed by atoms with E-state index in [1.165, 1.54) is 22.8 Å². The van der Waals surface area contributed by atoms with E-state index in [9.17, 15) is 22.8 Å². The molecule has 1 aliphatic heterocycles. The standard InChI is InChI=1S/C30H29N3O6S/c1-6-39-28(35)25-14-20-21(23-15-30(23)22-12-9-18(3)13-24(22)32(5)29(30)36)16-31(4)27(34)26(20)33(25)40(37,38)19-10-7-17(2)8-11-19/h7-14,16,23H,6,15H2,1-5H3/t23-,30-/m0/s1. The molecule has 2 atom stereocenters. The molecule has 2 aliphatic rings. The van der Waals surface area contributed by atoms with Gasteiger partial charge in [-0.05, 0) is 68.1 Å². The Hall–Kier alpha value is -4.18. The van der Waals surface area contributed by atoms with E-state index in [0.717, 1.165) is 26.4 Å². The molecule has 1 fully saturated rings. The number of aryl methyl sites for hydroxylation is 3. The molecular formula is C30H29N3O6S.